The first-order valence-electron chi connectivity index (χ1n) is 6.03. The molecule has 0 spiro atoms. The Morgan fingerprint density at radius 2 is 2.00 bits per heavy atom. The average Bonchev–Trinajstić information content (AvgIpc) is 2.85. The molecule has 1 aromatic heterocycles. The summed E-state index contributed by atoms with van der Waals surface area (Å²) in [5, 5.41) is 6.48. The molecular formula is C14H18N2S2. The molecule has 0 saturated heterocycles. The molecule has 0 bridgehead atoms. The number of aromatic nitrogens is 1. The number of hydrogen-bond donors (Lipinski definition) is 1. The molecule has 0 atom stereocenters. The van der Waals surface area contributed by atoms with Crippen molar-refractivity contribution in [3.8, 4) is 11.3 Å². The van der Waals surface area contributed by atoms with E-state index in [-0.39, 0.29) is 0 Å². The van der Waals surface area contributed by atoms with Gasteiger partial charge in [0.1, 0.15) is 0 Å². The van der Waals surface area contributed by atoms with E-state index in [0.29, 0.717) is 5.92 Å². The summed E-state index contributed by atoms with van der Waals surface area (Å²) in [5.74, 6) is 0.637. The van der Waals surface area contributed by atoms with Crippen molar-refractivity contribution in [1.82, 2.24) is 4.98 Å². The summed E-state index contributed by atoms with van der Waals surface area (Å²) >= 11 is 3.43. The van der Waals surface area contributed by atoms with E-state index in [2.05, 4.69) is 60.0 Å². The standard InChI is InChI=1S/C14H18N2S2/c1-10(2)8-15-14-16-13(9-18-14)11-4-6-12(17-3)7-5-11/h4-7,9-10H,8H2,1-3H3,(H,15,16). The van der Waals surface area contributed by atoms with Gasteiger partial charge in [0.15, 0.2) is 5.13 Å². The van der Waals surface area contributed by atoms with Crippen LogP contribution in [-0.2, 0) is 0 Å². The predicted octanol–water partition coefficient (Wildman–Crippen LogP) is 4.60. The lowest BCUT2D eigenvalue weighted by atomic mass is 10.2. The fraction of sp³-hybridized carbons (Fsp3) is 0.357. The van der Waals surface area contributed by atoms with Crippen LogP contribution in [0.5, 0.6) is 0 Å². The summed E-state index contributed by atoms with van der Waals surface area (Å²) < 4.78 is 0. The van der Waals surface area contributed by atoms with Crippen molar-refractivity contribution in [3.05, 3.63) is 29.6 Å². The minimum absolute atomic E-state index is 0.637. The van der Waals surface area contributed by atoms with E-state index in [1.807, 2.05) is 0 Å². The van der Waals surface area contributed by atoms with Gasteiger partial charge in [-0.3, -0.25) is 0 Å². The Kier molecular flexibility index (Phi) is 4.66. The molecule has 1 aromatic carbocycles. The number of nitrogens with one attached hydrogen (secondary N) is 1. The number of benzene rings is 1. The largest absolute Gasteiger partial charge is 0.361 e. The Hall–Kier alpha value is -1.00. The molecule has 0 saturated carbocycles. The Labute approximate surface area is 117 Å². The first kappa shape index (κ1) is 13.4. The Morgan fingerprint density at radius 1 is 1.28 bits per heavy atom. The fourth-order valence-corrected chi connectivity index (χ4v) is 2.68. The molecule has 2 nitrogen and oxygen atoms in total. The number of hydrogen-bond acceptors (Lipinski definition) is 4. The molecular weight excluding hydrogens is 260 g/mol. The maximum absolute atomic E-state index is 4.61. The molecule has 0 aliphatic rings. The monoisotopic (exact) mass is 278 g/mol. The third-order valence-corrected chi connectivity index (χ3v) is 4.10. The number of anilines is 1. The van der Waals surface area contributed by atoms with Crippen molar-refractivity contribution >= 4 is 28.2 Å². The molecule has 0 radical (unpaired) electrons. The van der Waals surface area contributed by atoms with Gasteiger partial charge in [-0.05, 0) is 24.3 Å². The van der Waals surface area contributed by atoms with E-state index >= 15 is 0 Å². The topological polar surface area (TPSA) is 24.9 Å². The maximum Gasteiger partial charge on any atom is 0.183 e. The zero-order valence-corrected chi connectivity index (χ0v) is 12.6. The molecule has 0 aliphatic carbocycles. The van der Waals surface area contributed by atoms with Crippen molar-refractivity contribution in [2.45, 2.75) is 18.7 Å². The van der Waals surface area contributed by atoms with Crippen molar-refractivity contribution in [1.29, 1.82) is 0 Å². The Balaban J connectivity index is 2.08. The summed E-state index contributed by atoms with van der Waals surface area (Å²) in [6, 6.07) is 8.54. The summed E-state index contributed by atoms with van der Waals surface area (Å²) in [5.41, 5.74) is 2.24. The molecule has 2 rings (SSSR count). The summed E-state index contributed by atoms with van der Waals surface area (Å²) in [7, 11) is 0. The first-order chi connectivity index (χ1) is 8.69. The van der Waals surface area contributed by atoms with E-state index in [4.69, 9.17) is 0 Å². The first-order valence-corrected chi connectivity index (χ1v) is 8.13. The lowest BCUT2D eigenvalue weighted by Gasteiger charge is -2.04. The van der Waals surface area contributed by atoms with Crippen molar-refractivity contribution in [2.75, 3.05) is 18.1 Å². The summed E-state index contributed by atoms with van der Waals surface area (Å²) in [6.45, 7) is 5.36. The van der Waals surface area contributed by atoms with Gasteiger partial charge in [0.2, 0.25) is 0 Å². The van der Waals surface area contributed by atoms with Crippen LogP contribution in [0.25, 0.3) is 11.3 Å². The third-order valence-electron chi connectivity index (χ3n) is 2.55. The molecule has 2 aromatic rings. The zero-order chi connectivity index (χ0) is 13.0. The van der Waals surface area contributed by atoms with Gasteiger partial charge in [-0.15, -0.1) is 23.1 Å². The number of nitrogens with zero attached hydrogens (tertiary/aromatic N) is 1. The molecule has 0 amide bonds. The normalized spacial score (nSPS) is 10.9. The van der Waals surface area contributed by atoms with Crippen LogP contribution in [0.3, 0.4) is 0 Å². The van der Waals surface area contributed by atoms with E-state index in [0.717, 1.165) is 17.4 Å². The number of thioether (sulfide) groups is 1. The quantitative estimate of drug-likeness (QED) is 0.809. The van der Waals surface area contributed by atoms with Gasteiger partial charge in [-0.1, -0.05) is 26.0 Å². The van der Waals surface area contributed by atoms with Gasteiger partial charge in [-0.25, -0.2) is 4.98 Å². The van der Waals surface area contributed by atoms with Crippen molar-refractivity contribution in [3.63, 3.8) is 0 Å². The fourth-order valence-electron chi connectivity index (χ4n) is 1.54. The van der Waals surface area contributed by atoms with Gasteiger partial charge >= 0.3 is 0 Å². The molecule has 0 aliphatic heterocycles. The van der Waals surface area contributed by atoms with Gasteiger partial charge in [0.25, 0.3) is 0 Å². The lowest BCUT2D eigenvalue weighted by Crippen LogP contribution is -2.07. The van der Waals surface area contributed by atoms with Crippen molar-refractivity contribution in [2.24, 2.45) is 5.92 Å². The third kappa shape index (κ3) is 3.50. The van der Waals surface area contributed by atoms with Crippen molar-refractivity contribution < 1.29 is 0 Å². The van der Waals surface area contributed by atoms with Crippen LogP contribution in [0.1, 0.15) is 13.8 Å². The molecule has 96 valence electrons. The minimum Gasteiger partial charge on any atom is -0.361 e. The second kappa shape index (κ2) is 6.25. The average molecular weight is 278 g/mol. The highest BCUT2D eigenvalue weighted by Gasteiger charge is 2.04. The van der Waals surface area contributed by atoms with Crippen LogP contribution in [0.2, 0.25) is 0 Å². The van der Waals surface area contributed by atoms with Gasteiger partial charge in [-0.2, -0.15) is 0 Å². The van der Waals surface area contributed by atoms with Crippen LogP contribution in [0, 0.1) is 5.92 Å². The van der Waals surface area contributed by atoms with Crippen LogP contribution in [0.15, 0.2) is 34.5 Å². The van der Waals surface area contributed by atoms with E-state index in [1.54, 1.807) is 23.1 Å². The van der Waals surface area contributed by atoms with Crippen LogP contribution >= 0.6 is 23.1 Å². The highest BCUT2D eigenvalue weighted by atomic mass is 32.2. The smallest absolute Gasteiger partial charge is 0.183 e. The maximum atomic E-state index is 4.61. The number of rotatable bonds is 5. The van der Waals surface area contributed by atoms with Crippen LogP contribution in [0.4, 0.5) is 5.13 Å². The Bertz CT molecular complexity index is 489. The zero-order valence-electron chi connectivity index (χ0n) is 10.9. The van der Waals surface area contributed by atoms with Gasteiger partial charge < -0.3 is 5.32 Å². The molecule has 0 fully saturated rings. The number of thiazole rings is 1. The second-order valence-corrected chi connectivity index (χ2v) is 6.28. The summed E-state index contributed by atoms with van der Waals surface area (Å²) in [4.78, 5) is 5.89. The van der Waals surface area contributed by atoms with E-state index < -0.39 is 0 Å². The molecule has 1 heterocycles. The van der Waals surface area contributed by atoms with Crippen LogP contribution < -0.4 is 5.32 Å². The SMILES string of the molecule is CSc1ccc(-c2csc(NCC(C)C)n2)cc1. The van der Waals surface area contributed by atoms with E-state index in [9.17, 15) is 0 Å². The second-order valence-electron chi connectivity index (χ2n) is 4.54. The van der Waals surface area contributed by atoms with Gasteiger partial charge in [0, 0.05) is 22.4 Å². The van der Waals surface area contributed by atoms with Gasteiger partial charge in [0.05, 0.1) is 5.69 Å². The lowest BCUT2D eigenvalue weighted by molar-refractivity contribution is 0.688. The molecule has 18 heavy (non-hydrogen) atoms. The predicted molar refractivity (Wildman–Crippen MR) is 82.7 cm³/mol. The molecule has 1 N–H and O–H groups in total. The highest BCUT2D eigenvalue weighted by molar-refractivity contribution is 7.98. The molecule has 4 heteroatoms. The Morgan fingerprint density at radius 3 is 2.61 bits per heavy atom. The summed E-state index contributed by atoms with van der Waals surface area (Å²) in [6.07, 6.45) is 2.09. The highest BCUT2D eigenvalue weighted by Crippen LogP contribution is 2.26. The van der Waals surface area contributed by atoms with E-state index in [1.165, 1.54) is 10.5 Å². The minimum atomic E-state index is 0.637. The molecule has 0 unspecified atom stereocenters. The van der Waals surface area contributed by atoms with Crippen LogP contribution in [-0.4, -0.2) is 17.8 Å².